The van der Waals surface area contributed by atoms with E-state index in [-0.39, 0.29) is 31.2 Å². The van der Waals surface area contributed by atoms with Crippen LogP contribution in [-0.2, 0) is 19.5 Å². The number of imidazole rings is 1. The molecule has 0 radical (unpaired) electrons. The van der Waals surface area contributed by atoms with Crippen LogP contribution in [-0.4, -0.2) is 62.3 Å². The number of likely N-dealkylation sites (tertiary alicyclic amines) is 1. The average Bonchev–Trinajstić information content (AvgIpc) is 3.63. The van der Waals surface area contributed by atoms with Gasteiger partial charge in [-0.15, -0.1) is 0 Å². The molecule has 0 unspecified atom stereocenters. The van der Waals surface area contributed by atoms with Crippen LogP contribution in [0.1, 0.15) is 40.7 Å². The van der Waals surface area contributed by atoms with Crippen molar-refractivity contribution >= 4 is 28.0 Å². The van der Waals surface area contributed by atoms with Crippen LogP contribution in [0.2, 0.25) is 0 Å². The van der Waals surface area contributed by atoms with Gasteiger partial charge in [0.25, 0.3) is 5.91 Å². The van der Waals surface area contributed by atoms with Gasteiger partial charge in [0.1, 0.15) is 28.9 Å². The van der Waals surface area contributed by atoms with Gasteiger partial charge in [-0.2, -0.15) is 0 Å². The van der Waals surface area contributed by atoms with E-state index in [0.717, 1.165) is 59.2 Å². The van der Waals surface area contributed by atoms with Crippen molar-refractivity contribution in [3.63, 3.8) is 0 Å². The number of hydrogen-bond donors (Lipinski definition) is 1. The minimum absolute atomic E-state index is 0.00921. The van der Waals surface area contributed by atoms with E-state index >= 15 is 4.39 Å². The Balaban J connectivity index is 1.35. The molecular weight excluding hydrogens is 610 g/mol. The molecule has 2 aliphatic rings. The largest absolute Gasteiger partial charge is 0.494 e. The number of benzene rings is 3. The van der Waals surface area contributed by atoms with Gasteiger partial charge in [-0.3, -0.25) is 4.79 Å². The standard InChI is InChI=1S/C38H36F2N6O2/c1-48-34-18-27(38(47)44-21-29(40)19-30(41)22-44)16-32-35(34)46-20-23-13-26(15-28(39)14-23)31-10-3-2-7-24(31)8-4-5-12-45-33(37(46)43-32)17-25-9-6-11-42-36(25)45/h2-3,6-7,9-11,13-18,29-30H,4-5,8,12,19-22,41H2,1H3/t29-,30-/m1/s1. The van der Waals surface area contributed by atoms with Crippen LogP contribution in [0.25, 0.3) is 44.7 Å². The van der Waals surface area contributed by atoms with Crippen LogP contribution >= 0.6 is 0 Å². The lowest BCUT2D eigenvalue weighted by molar-refractivity contribution is 0.0606. The smallest absolute Gasteiger partial charge is 0.254 e. The molecule has 1 amide bonds. The lowest BCUT2D eigenvalue weighted by Gasteiger charge is -2.33. The highest BCUT2D eigenvalue weighted by Crippen LogP contribution is 2.37. The number of carbonyl (C=O) groups is 1. The highest BCUT2D eigenvalue weighted by atomic mass is 19.1. The van der Waals surface area contributed by atoms with Crippen LogP contribution in [0.4, 0.5) is 8.78 Å². The second-order valence-corrected chi connectivity index (χ2v) is 12.9. The molecular formula is C38H36F2N6O2. The number of carbonyl (C=O) groups excluding carboxylic acids is 1. The van der Waals surface area contributed by atoms with E-state index in [1.54, 1.807) is 37.6 Å². The van der Waals surface area contributed by atoms with Gasteiger partial charge in [0.05, 0.1) is 24.9 Å². The molecule has 48 heavy (non-hydrogen) atoms. The van der Waals surface area contributed by atoms with E-state index < -0.39 is 12.2 Å². The summed E-state index contributed by atoms with van der Waals surface area (Å²) in [7, 11) is 1.55. The molecule has 2 N–H and O–H groups in total. The predicted octanol–water partition coefficient (Wildman–Crippen LogP) is 6.76. The summed E-state index contributed by atoms with van der Waals surface area (Å²) in [6, 6.07) is 22.4. The molecule has 1 fully saturated rings. The number of amides is 1. The second-order valence-electron chi connectivity index (χ2n) is 12.9. The molecule has 10 heteroatoms. The maximum atomic E-state index is 15.4. The first kappa shape index (κ1) is 30.3. The van der Waals surface area contributed by atoms with Crippen molar-refractivity contribution < 1.29 is 18.3 Å². The number of rotatable bonds is 2. The van der Waals surface area contributed by atoms with Crippen LogP contribution in [0.15, 0.2) is 79.0 Å². The van der Waals surface area contributed by atoms with Crippen molar-refractivity contribution in [2.75, 3.05) is 20.2 Å². The van der Waals surface area contributed by atoms with E-state index in [9.17, 15) is 9.18 Å². The maximum Gasteiger partial charge on any atom is 0.254 e. The number of fused-ring (bicyclic) bond motifs is 11. The van der Waals surface area contributed by atoms with Crippen molar-refractivity contribution in [3.8, 4) is 28.4 Å². The number of alkyl halides is 1. The summed E-state index contributed by atoms with van der Waals surface area (Å²) in [5, 5.41) is 0.985. The van der Waals surface area contributed by atoms with Gasteiger partial charge in [0.2, 0.25) is 0 Å². The van der Waals surface area contributed by atoms with E-state index in [2.05, 4.69) is 22.8 Å². The monoisotopic (exact) mass is 646 g/mol. The fourth-order valence-electron chi connectivity index (χ4n) is 7.46. The molecule has 3 aromatic heterocycles. The fraction of sp³-hybridized carbons (Fsp3) is 0.289. The van der Waals surface area contributed by atoms with Crippen molar-refractivity contribution in [3.05, 3.63) is 102 Å². The van der Waals surface area contributed by atoms with Crippen molar-refractivity contribution in [2.24, 2.45) is 5.73 Å². The molecule has 2 aliphatic heterocycles. The van der Waals surface area contributed by atoms with Gasteiger partial charge in [-0.25, -0.2) is 18.7 Å². The SMILES string of the molecule is COc1cc(C(=O)N2C[C@H](N)C[C@@H](F)C2)cc2nc3n(c12)Cc1cc(F)cc(c1)-c1ccccc1CCCCn1c-3cc2cccnc21. The van der Waals surface area contributed by atoms with Crippen molar-refractivity contribution in [1.29, 1.82) is 0 Å². The first-order valence-corrected chi connectivity index (χ1v) is 16.5. The number of pyridine rings is 1. The molecule has 6 aromatic rings. The first-order valence-electron chi connectivity index (χ1n) is 16.5. The van der Waals surface area contributed by atoms with E-state index in [4.69, 9.17) is 20.4 Å². The molecule has 2 bridgehead atoms. The minimum atomic E-state index is -1.18. The zero-order chi connectivity index (χ0) is 32.9. The molecule has 2 atom stereocenters. The van der Waals surface area contributed by atoms with Gasteiger partial charge in [-0.05, 0) is 96.5 Å². The number of nitrogens with two attached hydrogens (primary N) is 1. The third-order valence-corrected chi connectivity index (χ3v) is 9.58. The topological polar surface area (TPSA) is 91.2 Å². The highest BCUT2D eigenvalue weighted by molar-refractivity contribution is 6.00. The quantitative estimate of drug-likeness (QED) is 0.225. The Labute approximate surface area is 276 Å². The lowest BCUT2D eigenvalue weighted by atomic mass is 9.95. The number of nitrogens with zero attached hydrogens (tertiary/aromatic N) is 5. The molecule has 8 nitrogen and oxygen atoms in total. The lowest BCUT2D eigenvalue weighted by Crippen LogP contribution is -2.50. The molecule has 5 heterocycles. The molecule has 0 spiro atoms. The number of halogens is 2. The molecule has 1 saturated heterocycles. The summed E-state index contributed by atoms with van der Waals surface area (Å²) in [6.07, 6.45) is 3.54. The Hall–Kier alpha value is -5.09. The van der Waals surface area contributed by atoms with Crippen molar-refractivity contribution in [1.82, 2.24) is 24.0 Å². The number of methoxy groups -OCH3 is 1. The van der Waals surface area contributed by atoms with Crippen LogP contribution in [0.5, 0.6) is 5.75 Å². The Morgan fingerprint density at radius 3 is 2.73 bits per heavy atom. The third-order valence-electron chi connectivity index (χ3n) is 9.58. The number of hydrogen-bond acceptors (Lipinski definition) is 5. The summed E-state index contributed by atoms with van der Waals surface area (Å²) in [4.78, 5) is 25.1. The number of aryl methyl sites for hydroxylation is 2. The zero-order valence-electron chi connectivity index (χ0n) is 26.7. The highest BCUT2D eigenvalue weighted by Gasteiger charge is 2.30. The van der Waals surface area contributed by atoms with Crippen LogP contribution in [0.3, 0.4) is 0 Å². The average molecular weight is 647 g/mol. The fourth-order valence-corrected chi connectivity index (χ4v) is 7.46. The zero-order valence-corrected chi connectivity index (χ0v) is 26.7. The molecule has 3 aromatic carbocycles. The summed E-state index contributed by atoms with van der Waals surface area (Å²) in [5.41, 5.74) is 13.1. The summed E-state index contributed by atoms with van der Waals surface area (Å²) in [6.45, 7) is 1.28. The van der Waals surface area contributed by atoms with E-state index in [1.807, 2.05) is 34.9 Å². The second kappa shape index (κ2) is 12.2. The van der Waals surface area contributed by atoms with Crippen LogP contribution < -0.4 is 10.5 Å². The maximum absolute atomic E-state index is 15.4. The molecule has 8 rings (SSSR count). The summed E-state index contributed by atoms with van der Waals surface area (Å²) < 4.78 is 40.0. The van der Waals surface area contributed by atoms with Gasteiger partial charge < -0.3 is 24.5 Å². The predicted molar refractivity (Wildman–Crippen MR) is 182 cm³/mol. The van der Waals surface area contributed by atoms with Crippen LogP contribution in [0, 0.1) is 5.82 Å². The van der Waals surface area contributed by atoms with Gasteiger partial charge in [0, 0.05) is 42.8 Å². The summed E-state index contributed by atoms with van der Waals surface area (Å²) >= 11 is 0. The van der Waals surface area contributed by atoms with Gasteiger partial charge >= 0.3 is 0 Å². The minimum Gasteiger partial charge on any atom is -0.494 e. The molecule has 0 saturated carbocycles. The van der Waals surface area contributed by atoms with Gasteiger partial charge in [-0.1, -0.05) is 24.3 Å². The molecule has 244 valence electrons. The normalized spacial score (nSPS) is 18.2. The Bertz CT molecular complexity index is 2180. The Kier molecular flexibility index (Phi) is 7.67. The number of aromatic nitrogens is 4. The Morgan fingerprint density at radius 2 is 1.88 bits per heavy atom. The van der Waals surface area contributed by atoms with E-state index in [1.165, 1.54) is 10.5 Å². The summed E-state index contributed by atoms with van der Waals surface area (Å²) in [5.74, 6) is 0.447. The van der Waals surface area contributed by atoms with Gasteiger partial charge in [0.15, 0.2) is 5.82 Å². The third kappa shape index (κ3) is 5.39. The Morgan fingerprint density at radius 1 is 1.00 bits per heavy atom. The number of ether oxygens (including phenoxy) is 1. The van der Waals surface area contributed by atoms with E-state index in [0.29, 0.717) is 34.7 Å². The molecule has 0 aliphatic carbocycles. The first-order chi connectivity index (χ1) is 23.4. The van der Waals surface area contributed by atoms with Crippen molar-refractivity contribution in [2.45, 2.75) is 51.0 Å². The number of piperidine rings is 1.